The first-order valence-electron chi connectivity index (χ1n) is 10.4. The van der Waals surface area contributed by atoms with Crippen molar-refractivity contribution in [3.05, 3.63) is 29.8 Å². The molecule has 0 aliphatic heterocycles. The highest BCUT2D eigenvalue weighted by atomic mass is 16.2. The first-order chi connectivity index (χ1) is 13.0. The number of carbonyl (C=O) groups excluding carboxylic acids is 2. The molecule has 27 heavy (non-hydrogen) atoms. The number of likely N-dealkylation sites (N-methyl/N-ethyl adjacent to an activating group) is 1. The molecule has 1 aromatic carbocycles. The first kappa shape index (κ1) is 21.4. The van der Waals surface area contributed by atoms with E-state index in [0.717, 1.165) is 43.6 Å². The van der Waals surface area contributed by atoms with Gasteiger partial charge in [0, 0.05) is 18.3 Å². The Hall–Kier alpha value is -1.88. The summed E-state index contributed by atoms with van der Waals surface area (Å²) in [6.45, 7) is 8.17. The number of rotatable bonds is 9. The number of nitrogens with one attached hydrogen (secondary N) is 1. The standard InChI is InChI=1S/C22H35N3O2/c1-4-15-24(16-21(26)23-20-14-10-9-11-18(20)3)17-22(27)25(5-2)19-12-7-6-8-13-19/h9-11,14,19H,4-8,12-13,15-17H2,1-3H3,(H,23,26). The summed E-state index contributed by atoms with van der Waals surface area (Å²) >= 11 is 0. The number of hydrogen-bond acceptors (Lipinski definition) is 3. The summed E-state index contributed by atoms with van der Waals surface area (Å²) in [5.74, 6) is 0.0906. The Bertz CT molecular complexity index is 611. The number of anilines is 1. The van der Waals surface area contributed by atoms with Gasteiger partial charge in [0.2, 0.25) is 11.8 Å². The Kier molecular flexibility index (Phi) is 8.79. The van der Waals surface area contributed by atoms with Crippen LogP contribution in [-0.2, 0) is 9.59 Å². The van der Waals surface area contributed by atoms with E-state index in [9.17, 15) is 9.59 Å². The normalized spacial score (nSPS) is 15.0. The van der Waals surface area contributed by atoms with Crippen LogP contribution in [0.5, 0.6) is 0 Å². The van der Waals surface area contributed by atoms with Gasteiger partial charge in [0.1, 0.15) is 0 Å². The van der Waals surface area contributed by atoms with Crippen molar-refractivity contribution >= 4 is 17.5 Å². The van der Waals surface area contributed by atoms with Crippen molar-refractivity contribution in [3.8, 4) is 0 Å². The van der Waals surface area contributed by atoms with E-state index in [-0.39, 0.29) is 18.4 Å². The van der Waals surface area contributed by atoms with Gasteiger partial charge in [-0.25, -0.2) is 0 Å². The van der Waals surface area contributed by atoms with E-state index in [4.69, 9.17) is 0 Å². The lowest BCUT2D eigenvalue weighted by atomic mass is 9.94. The number of carbonyl (C=O) groups is 2. The van der Waals surface area contributed by atoms with Crippen LogP contribution in [0, 0.1) is 6.92 Å². The van der Waals surface area contributed by atoms with Crippen LogP contribution in [0.15, 0.2) is 24.3 Å². The second-order valence-corrected chi connectivity index (χ2v) is 7.55. The zero-order valence-corrected chi connectivity index (χ0v) is 17.2. The van der Waals surface area contributed by atoms with Crippen LogP contribution in [0.3, 0.4) is 0 Å². The van der Waals surface area contributed by atoms with Crippen LogP contribution in [0.1, 0.15) is 57.9 Å². The zero-order valence-electron chi connectivity index (χ0n) is 17.2. The fraction of sp³-hybridized carbons (Fsp3) is 0.636. The summed E-state index contributed by atoms with van der Waals surface area (Å²) in [5.41, 5.74) is 1.88. The molecule has 0 unspecified atom stereocenters. The molecule has 1 saturated carbocycles. The third-order valence-corrected chi connectivity index (χ3v) is 5.36. The maximum Gasteiger partial charge on any atom is 0.238 e. The lowest BCUT2D eigenvalue weighted by Gasteiger charge is -2.35. The van der Waals surface area contributed by atoms with E-state index in [2.05, 4.69) is 19.2 Å². The second kappa shape index (κ2) is 11.1. The molecule has 150 valence electrons. The Labute approximate surface area is 164 Å². The van der Waals surface area contributed by atoms with Gasteiger partial charge in [-0.1, -0.05) is 44.4 Å². The lowest BCUT2D eigenvalue weighted by Crippen LogP contribution is -2.47. The summed E-state index contributed by atoms with van der Waals surface area (Å²) in [4.78, 5) is 29.4. The third-order valence-electron chi connectivity index (χ3n) is 5.36. The predicted molar refractivity (Wildman–Crippen MR) is 111 cm³/mol. The van der Waals surface area contributed by atoms with Crippen molar-refractivity contribution in [2.24, 2.45) is 0 Å². The van der Waals surface area contributed by atoms with E-state index in [1.807, 2.05) is 41.0 Å². The zero-order chi connectivity index (χ0) is 19.6. The van der Waals surface area contributed by atoms with Gasteiger partial charge in [0.25, 0.3) is 0 Å². The van der Waals surface area contributed by atoms with Crippen LogP contribution in [0.25, 0.3) is 0 Å². The summed E-state index contributed by atoms with van der Waals surface area (Å²) < 4.78 is 0. The fourth-order valence-electron chi connectivity index (χ4n) is 3.95. The number of amides is 2. The highest BCUT2D eigenvalue weighted by Gasteiger charge is 2.25. The molecule has 1 aliphatic rings. The van der Waals surface area contributed by atoms with Crippen molar-refractivity contribution in [2.45, 2.75) is 65.3 Å². The molecule has 1 N–H and O–H groups in total. The van der Waals surface area contributed by atoms with E-state index in [1.54, 1.807) is 0 Å². The largest absolute Gasteiger partial charge is 0.339 e. The van der Waals surface area contributed by atoms with E-state index >= 15 is 0 Å². The quantitative estimate of drug-likeness (QED) is 0.716. The summed E-state index contributed by atoms with van der Waals surface area (Å²) in [6, 6.07) is 8.13. The van der Waals surface area contributed by atoms with Crippen LogP contribution in [-0.4, -0.2) is 53.8 Å². The molecule has 0 aromatic heterocycles. The maximum absolute atomic E-state index is 12.9. The molecule has 5 nitrogen and oxygen atoms in total. The molecular formula is C22H35N3O2. The minimum absolute atomic E-state index is 0.0636. The van der Waals surface area contributed by atoms with Gasteiger partial charge < -0.3 is 10.2 Å². The molecule has 0 atom stereocenters. The molecule has 0 spiro atoms. The molecule has 0 heterocycles. The Balaban J connectivity index is 1.93. The SMILES string of the molecule is CCCN(CC(=O)Nc1ccccc1C)CC(=O)N(CC)C1CCCCC1. The van der Waals surface area contributed by atoms with Crippen molar-refractivity contribution in [3.63, 3.8) is 0 Å². The number of hydrogen-bond donors (Lipinski definition) is 1. The monoisotopic (exact) mass is 373 g/mol. The van der Waals surface area contributed by atoms with Crippen molar-refractivity contribution < 1.29 is 9.59 Å². The second-order valence-electron chi connectivity index (χ2n) is 7.55. The molecule has 0 bridgehead atoms. The third kappa shape index (κ3) is 6.65. The van der Waals surface area contributed by atoms with Crippen LogP contribution >= 0.6 is 0 Å². The molecule has 2 amide bonds. The van der Waals surface area contributed by atoms with Crippen molar-refractivity contribution in [2.75, 3.05) is 31.5 Å². The molecule has 1 aromatic rings. The van der Waals surface area contributed by atoms with Gasteiger partial charge >= 0.3 is 0 Å². The molecule has 5 heteroatoms. The Morgan fingerprint density at radius 3 is 2.41 bits per heavy atom. The number of benzene rings is 1. The summed E-state index contributed by atoms with van der Waals surface area (Å²) in [5, 5.41) is 2.97. The van der Waals surface area contributed by atoms with E-state index < -0.39 is 0 Å². The molecular weight excluding hydrogens is 338 g/mol. The molecule has 0 radical (unpaired) electrons. The maximum atomic E-state index is 12.9. The number of para-hydroxylation sites is 1. The summed E-state index contributed by atoms with van der Waals surface area (Å²) in [6.07, 6.45) is 6.85. The van der Waals surface area contributed by atoms with E-state index in [0.29, 0.717) is 12.6 Å². The minimum atomic E-state index is -0.0636. The predicted octanol–water partition coefficient (Wildman–Crippen LogP) is 3.83. The first-order valence-corrected chi connectivity index (χ1v) is 10.4. The van der Waals surface area contributed by atoms with Crippen LogP contribution in [0.4, 0.5) is 5.69 Å². The van der Waals surface area contributed by atoms with Gasteiger partial charge in [-0.15, -0.1) is 0 Å². The smallest absolute Gasteiger partial charge is 0.238 e. The van der Waals surface area contributed by atoms with Gasteiger partial charge in [-0.2, -0.15) is 0 Å². The van der Waals surface area contributed by atoms with Gasteiger partial charge in [0.15, 0.2) is 0 Å². The molecule has 0 saturated heterocycles. The van der Waals surface area contributed by atoms with Crippen LogP contribution in [0.2, 0.25) is 0 Å². The summed E-state index contributed by atoms with van der Waals surface area (Å²) in [7, 11) is 0. The number of aryl methyl sites for hydroxylation is 1. The average Bonchev–Trinajstić information content (AvgIpc) is 2.65. The van der Waals surface area contributed by atoms with Gasteiger partial charge in [-0.3, -0.25) is 14.5 Å². The molecule has 1 aliphatic carbocycles. The molecule has 1 fully saturated rings. The van der Waals surface area contributed by atoms with Gasteiger partial charge in [-0.05, 0) is 51.3 Å². The highest BCUT2D eigenvalue weighted by molar-refractivity contribution is 5.93. The molecule has 2 rings (SSSR count). The fourth-order valence-corrected chi connectivity index (χ4v) is 3.95. The van der Waals surface area contributed by atoms with E-state index in [1.165, 1.54) is 19.3 Å². The van der Waals surface area contributed by atoms with Crippen molar-refractivity contribution in [1.29, 1.82) is 0 Å². The Morgan fingerprint density at radius 1 is 1.07 bits per heavy atom. The highest BCUT2D eigenvalue weighted by Crippen LogP contribution is 2.22. The lowest BCUT2D eigenvalue weighted by molar-refractivity contribution is -0.135. The topological polar surface area (TPSA) is 52.7 Å². The van der Waals surface area contributed by atoms with Crippen molar-refractivity contribution in [1.82, 2.24) is 9.80 Å². The Morgan fingerprint density at radius 2 is 1.78 bits per heavy atom. The van der Waals surface area contributed by atoms with Gasteiger partial charge in [0.05, 0.1) is 13.1 Å². The minimum Gasteiger partial charge on any atom is -0.339 e. The van der Waals surface area contributed by atoms with Crippen LogP contribution < -0.4 is 5.32 Å². The average molecular weight is 374 g/mol. The number of nitrogens with zero attached hydrogens (tertiary/aromatic N) is 2.